The largest absolute Gasteiger partial charge is 0.379 e. The number of amidine groups is 1. The summed E-state index contributed by atoms with van der Waals surface area (Å²) in [6.45, 7) is 2.28. The van der Waals surface area contributed by atoms with Crippen LogP contribution in [-0.4, -0.2) is 17.0 Å². The highest BCUT2D eigenvalue weighted by atomic mass is 32.2. The predicted molar refractivity (Wildman–Crippen MR) is 88.9 cm³/mol. The highest BCUT2D eigenvalue weighted by Crippen LogP contribution is 2.24. The van der Waals surface area contributed by atoms with Crippen LogP contribution in [0.25, 0.3) is 0 Å². The average Bonchev–Trinajstić information content (AvgIpc) is 3.20. The minimum absolute atomic E-state index is 0.570. The van der Waals surface area contributed by atoms with E-state index in [1.54, 1.807) is 11.8 Å². The van der Waals surface area contributed by atoms with E-state index in [0.717, 1.165) is 10.9 Å². The maximum absolute atomic E-state index is 5.85. The molecule has 1 aliphatic carbocycles. The summed E-state index contributed by atoms with van der Waals surface area (Å²) in [7, 11) is 0. The van der Waals surface area contributed by atoms with Gasteiger partial charge in [0.2, 0.25) is 0 Å². The molecule has 3 heteroatoms. The Labute approximate surface area is 124 Å². The van der Waals surface area contributed by atoms with Gasteiger partial charge < -0.3 is 5.73 Å². The fourth-order valence-electron chi connectivity index (χ4n) is 2.19. The zero-order chi connectivity index (χ0) is 13.8. The van der Waals surface area contributed by atoms with Crippen LogP contribution in [0, 0.1) is 0 Å². The van der Waals surface area contributed by atoms with Crippen LogP contribution in [0.15, 0.2) is 4.99 Å². The molecule has 112 valence electrons. The molecule has 0 unspecified atom stereocenters. The molecule has 0 aromatic carbocycles. The summed E-state index contributed by atoms with van der Waals surface area (Å²) in [6, 6.07) is 0.570. The smallest absolute Gasteiger partial charge is 0.154 e. The zero-order valence-electron chi connectivity index (χ0n) is 12.7. The zero-order valence-corrected chi connectivity index (χ0v) is 13.5. The number of aliphatic imine (C=N–C) groups is 1. The van der Waals surface area contributed by atoms with E-state index in [-0.39, 0.29) is 0 Å². The number of hydrogen-bond donors (Lipinski definition) is 1. The topological polar surface area (TPSA) is 38.4 Å². The highest BCUT2D eigenvalue weighted by Gasteiger charge is 2.20. The van der Waals surface area contributed by atoms with Gasteiger partial charge >= 0.3 is 0 Å². The summed E-state index contributed by atoms with van der Waals surface area (Å²) in [5, 5.41) is 0.818. The van der Waals surface area contributed by atoms with Crippen molar-refractivity contribution in [1.82, 2.24) is 0 Å². The SMILES string of the molecule is CCCCCCCCCCCCSC(N)=NC1CC1. The summed E-state index contributed by atoms with van der Waals surface area (Å²) in [4.78, 5) is 4.43. The van der Waals surface area contributed by atoms with Crippen molar-refractivity contribution in [3.05, 3.63) is 0 Å². The van der Waals surface area contributed by atoms with Crippen molar-refractivity contribution in [2.24, 2.45) is 10.7 Å². The molecule has 2 nitrogen and oxygen atoms in total. The molecule has 19 heavy (non-hydrogen) atoms. The maximum atomic E-state index is 5.85. The Morgan fingerprint density at radius 1 is 0.947 bits per heavy atom. The van der Waals surface area contributed by atoms with Crippen LogP contribution in [0.4, 0.5) is 0 Å². The Hall–Kier alpha value is -0.180. The first-order valence-electron chi connectivity index (χ1n) is 8.29. The Kier molecular flexibility index (Phi) is 10.3. The molecular formula is C16H32N2S. The lowest BCUT2D eigenvalue weighted by Gasteiger charge is -2.02. The van der Waals surface area contributed by atoms with Crippen molar-refractivity contribution >= 4 is 16.9 Å². The van der Waals surface area contributed by atoms with Crippen molar-refractivity contribution in [2.75, 3.05) is 5.75 Å². The van der Waals surface area contributed by atoms with Gasteiger partial charge in [0.15, 0.2) is 5.17 Å². The van der Waals surface area contributed by atoms with Crippen LogP contribution in [0.5, 0.6) is 0 Å². The minimum atomic E-state index is 0.570. The van der Waals surface area contributed by atoms with Gasteiger partial charge in [0.05, 0.1) is 6.04 Å². The lowest BCUT2D eigenvalue weighted by atomic mass is 10.1. The summed E-state index contributed by atoms with van der Waals surface area (Å²) < 4.78 is 0. The Bertz CT molecular complexity index is 237. The van der Waals surface area contributed by atoms with Gasteiger partial charge in [0.1, 0.15) is 0 Å². The molecular weight excluding hydrogens is 252 g/mol. The van der Waals surface area contributed by atoms with Crippen LogP contribution < -0.4 is 5.73 Å². The molecule has 0 spiro atoms. The van der Waals surface area contributed by atoms with Crippen molar-refractivity contribution < 1.29 is 0 Å². The molecule has 0 heterocycles. The molecule has 0 atom stereocenters. The Morgan fingerprint density at radius 3 is 2.00 bits per heavy atom. The van der Waals surface area contributed by atoms with Gasteiger partial charge in [-0.2, -0.15) is 0 Å². The summed E-state index contributed by atoms with van der Waals surface area (Å²) >= 11 is 1.75. The maximum Gasteiger partial charge on any atom is 0.154 e. The second-order valence-corrected chi connectivity index (χ2v) is 6.84. The van der Waals surface area contributed by atoms with E-state index in [4.69, 9.17) is 5.73 Å². The summed E-state index contributed by atoms with van der Waals surface area (Å²) in [5.74, 6) is 1.15. The monoisotopic (exact) mass is 284 g/mol. The first-order chi connectivity index (χ1) is 9.33. The van der Waals surface area contributed by atoms with Crippen molar-refractivity contribution in [1.29, 1.82) is 0 Å². The molecule has 0 bridgehead atoms. The third-order valence-corrected chi connectivity index (χ3v) is 4.50. The van der Waals surface area contributed by atoms with Gasteiger partial charge in [-0.25, -0.2) is 0 Å². The van der Waals surface area contributed by atoms with Gasteiger partial charge in [0.25, 0.3) is 0 Å². The third-order valence-electron chi connectivity index (χ3n) is 3.60. The second-order valence-electron chi connectivity index (χ2n) is 5.73. The van der Waals surface area contributed by atoms with Gasteiger partial charge in [-0.05, 0) is 19.3 Å². The van der Waals surface area contributed by atoms with Crippen molar-refractivity contribution in [2.45, 2.75) is 90.0 Å². The molecule has 0 amide bonds. The third kappa shape index (κ3) is 11.4. The normalized spacial score (nSPS) is 15.9. The number of nitrogens with two attached hydrogens (primary N) is 1. The van der Waals surface area contributed by atoms with Gasteiger partial charge in [0, 0.05) is 5.75 Å². The lowest BCUT2D eigenvalue weighted by Crippen LogP contribution is -2.08. The van der Waals surface area contributed by atoms with Crippen molar-refractivity contribution in [3.8, 4) is 0 Å². The first-order valence-corrected chi connectivity index (χ1v) is 9.27. The molecule has 0 aromatic heterocycles. The Morgan fingerprint density at radius 2 is 1.47 bits per heavy atom. The molecule has 0 aromatic rings. The number of unbranched alkanes of at least 4 members (excludes halogenated alkanes) is 9. The van der Waals surface area contributed by atoms with Gasteiger partial charge in [-0.3, -0.25) is 4.99 Å². The standard InChI is InChI=1S/C16H32N2S/c1-2-3-4-5-6-7-8-9-10-11-14-19-16(17)18-15-12-13-15/h15H,2-14H2,1H3,(H2,17,18). The highest BCUT2D eigenvalue weighted by molar-refractivity contribution is 8.13. The summed E-state index contributed by atoms with van der Waals surface area (Å²) in [5.41, 5.74) is 5.85. The van der Waals surface area contributed by atoms with Crippen LogP contribution >= 0.6 is 11.8 Å². The van der Waals surface area contributed by atoms with E-state index in [0.29, 0.717) is 6.04 Å². The molecule has 1 rings (SSSR count). The van der Waals surface area contributed by atoms with E-state index in [1.165, 1.54) is 77.0 Å². The van der Waals surface area contributed by atoms with Crippen LogP contribution in [0.1, 0.15) is 84.0 Å². The Balaban J connectivity index is 1.73. The van der Waals surface area contributed by atoms with Gasteiger partial charge in [-0.15, -0.1) is 0 Å². The summed E-state index contributed by atoms with van der Waals surface area (Å²) in [6.07, 6.45) is 16.5. The van der Waals surface area contributed by atoms with Crippen LogP contribution in [0.2, 0.25) is 0 Å². The van der Waals surface area contributed by atoms with Gasteiger partial charge in [-0.1, -0.05) is 76.5 Å². The molecule has 1 aliphatic rings. The molecule has 0 radical (unpaired) electrons. The van der Waals surface area contributed by atoms with E-state index in [9.17, 15) is 0 Å². The molecule has 1 fully saturated rings. The number of hydrogen-bond acceptors (Lipinski definition) is 2. The fourth-order valence-corrected chi connectivity index (χ4v) is 2.97. The fraction of sp³-hybridized carbons (Fsp3) is 0.938. The van der Waals surface area contributed by atoms with E-state index in [1.807, 2.05) is 0 Å². The average molecular weight is 285 g/mol. The second kappa shape index (κ2) is 11.6. The van der Waals surface area contributed by atoms with Crippen LogP contribution in [0.3, 0.4) is 0 Å². The number of nitrogens with zero attached hydrogens (tertiary/aromatic N) is 1. The molecule has 0 saturated heterocycles. The molecule has 2 N–H and O–H groups in total. The number of thioether (sulfide) groups is 1. The molecule has 1 saturated carbocycles. The lowest BCUT2D eigenvalue weighted by molar-refractivity contribution is 0.563. The minimum Gasteiger partial charge on any atom is -0.379 e. The van der Waals surface area contributed by atoms with E-state index in [2.05, 4.69) is 11.9 Å². The molecule has 0 aliphatic heterocycles. The van der Waals surface area contributed by atoms with Crippen LogP contribution in [-0.2, 0) is 0 Å². The van der Waals surface area contributed by atoms with E-state index < -0.39 is 0 Å². The predicted octanol–water partition coefficient (Wildman–Crippen LogP) is 5.12. The van der Waals surface area contributed by atoms with Crippen molar-refractivity contribution in [3.63, 3.8) is 0 Å². The quantitative estimate of drug-likeness (QED) is 0.307. The van der Waals surface area contributed by atoms with E-state index >= 15 is 0 Å². The first kappa shape index (κ1) is 16.9. The number of rotatable bonds is 12.